The molecule has 1 aromatic heterocycles. The molecular formula is C27H29N5O3. The second-order valence-electron chi connectivity index (χ2n) is 8.51. The third-order valence-corrected chi connectivity index (χ3v) is 5.20. The van der Waals surface area contributed by atoms with Crippen LogP contribution in [-0.2, 0) is 0 Å². The quantitative estimate of drug-likeness (QED) is 0.332. The summed E-state index contributed by atoms with van der Waals surface area (Å²) in [6, 6.07) is 22.6. The fraction of sp³-hybridized carbons (Fsp3) is 0.222. The van der Waals surface area contributed by atoms with Crippen LogP contribution in [0.3, 0.4) is 0 Å². The summed E-state index contributed by atoms with van der Waals surface area (Å²) in [5.41, 5.74) is 3.90. The topological polar surface area (TPSA) is 90.3 Å². The lowest BCUT2D eigenvalue weighted by atomic mass is 10.2. The molecule has 35 heavy (non-hydrogen) atoms. The molecule has 2 amide bonds. The van der Waals surface area contributed by atoms with Gasteiger partial charge in [-0.2, -0.15) is 4.98 Å². The first-order valence-corrected chi connectivity index (χ1v) is 11.4. The Hall–Kier alpha value is -4.33. The zero-order valence-corrected chi connectivity index (χ0v) is 20.3. The number of hydrogen-bond donors (Lipinski definition) is 2. The van der Waals surface area contributed by atoms with Crippen LogP contribution < -0.4 is 20.1 Å². The number of para-hydroxylation sites is 1. The monoisotopic (exact) mass is 471 g/mol. The number of aromatic nitrogens is 3. The molecule has 2 N–H and O–H groups in total. The van der Waals surface area contributed by atoms with Crippen molar-refractivity contribution < 1.29 is 14.3 Å². The molecule has 0 fully saturated rings. The molecule has 0 aliphatic carbocycles. The SMILES string of the molecule is COc1cccc(-c2nc(OCC(C)C)nn2-c2cccc(NC(=O)Nc3ccccc3C)c2)c1. The van der Waals surface area contributed by atoms with Gasteiger partial charge in [-0.25, -0.2) is 9.48 Å². The molecule has 0 saturated heterocycles. The van der Waals surface area contributed by atoms with Gasteiger partial charge in [-0.15, -0.1) is 5.10 Å². The number of anilines is 2. The molecule has 180 valence electrons. The Morgan fingerprint density at radius 3 is 2.57 bits per heavy atom. The zero-order chi connectivity index (χ0) is 24.8. The number of rotatable bonds is 8. The number of aryl methyl sites for hydroxylation is 1. The van der Waals surface area contributed by atoms with Crippen molar-refractivity contribution in [3.05, 3.63) is 78.4 Å². The third kappa shape index (κ3) is 5.97. The van der Waals surface area contributed by atoms with Crippen LogP contribution in [0.5, 0.6) is 11.8 Å². The first-order valence-electron chi connectivity index (χ1n) is 11.4. The molecule has 0 aliphatic heterocycles. The molecule has 1 heterocycles. The van der Waals surface area contributed by atoms with Crippen molar-refractivity contribution in [3.63, 3.8) is 0 Å². The van der Waals surface area contributed by atoms with E-state index in [4.69, 9.17) is 9.47 Å². The molecule has 0 aliphatic rings. The Balaban J connectivity index is 1.63. The molecule has 0 radical (unpaired) electrons. The maximum atomic E-state index is 12.6. The highest BCUT2D eigenvalue weighted by Crippen LogP contribution is 2.27. The van der Waals surface area contributed by atoms with Gasteiger partial charge in [0, 0.05) is 16.9 Å². The number of ether oxygens (including phenoxy) is 2. The van der Waals surface area contributed by atoms with Crippen LogP contribution in [0.2, 0.25) is 0 Å². The average molecular weight is 472 g/mol. The Labute approximate surface area is 204 Å². The van der Waals surface area contributed by atoms with Crippen molar-refractivity contribution in [2.45, 2.75) is 20.8 Å². The summed E-state index contributed by atoms with van der Waals surface area (Å²) in [6.07, 6.45) is 0. The standard InChI is InChI=1S/C27H29N5O3/c1-18(2)17-35-27-30-25(20-10-7-13-23(15-20)34-4)32(31-27)22-12-8-11-21(16-22)28-26(33)29-24-14-6-5-9-19(24)3/h5-16,18H,17H2,1-4H3,(H2,28,29,33). The van der Waals surface area contributed by atoms with E-state index in [1.165, 1.54) is 0 Å². The van der Waals surface area contributed by atoms with Crippen LogP contribution in [0.4, 0.5) is 16.2 Å². The van der Waals surface area contributed by atoms with E-state index in [0.29, 0.717) is 29.8 Å². The van der Waals surface area contributed by atoms with Gasteiger partial charge in [-0.3, -0.25) is 0 Å². The van der Waals surface area contributed by atoms with Crippen molar-refractivity contribution in [2.75, 3.05) is 24.4 Å². The van der Waals surface area contributed by atoms with Crippen LogP contribution in [-0.4, -0.2) is 34.5 Å². The lowest BCUT2D eigenvalue weighted by Gasteiger charge is -2.11. The average Bonchev–Trinajstić information content (AvgIpc) is 3.29. The lowest BCUT2D eigenvalue weighted by Crippen LogP contribution is -2.20. The summed E-state index contributed by atoms with van der Waals surface area (Å²) in [4.78, 5) is 17.2. The predicted molar refractivity (Wildman–Crippen MR) is 138 cm³/mol. The Morgan fingerprint density at radius 1 is 1.00 bits per heavy atom. The Kier molecular flexibility index (Phi) is 7.30. The fourth-order valence-corrected chi connectivity index (χ4v) is 3.44. The van der Waals surface area contributed by atoms with Gasteiger partial charge in [-0.1, -0.05) is 50.2 Å². The van der Waals surface area contributed by atoms with Crippen molar-refractivity contribution in [2.24, 2.45) is 5.92 Å². The Bertz CT molecular complexity index is 1320. The number of methoxy groups -OCH3 is 1. The number of urea groups is 1. The molecule has 8 nitrogen and oxygen atoms in total. The number of amides is 2. The van der Waals surface area contributed by atoms with Crippen molar-refractivity contribution >= 4 is 17.4 Å². The third-order valence-electron chi connectivity index (χ3n) is 5.20. The van der Waals surface area contributed by atoms with Crippen molar-refractivity contribution in [1.29, 1.82) is 0 Å². The normalized spacial score (nSPS) is 10.8. The molecule has 0 unspecified atom stereocenters. The minimum Gasteiger partial charge on any atom is -0.497 e. The molecule has 0 atom stereocenters. The van der Waals surface area contributed by atoms with Crippen LogP contribution >= 0.6 is 0 Å². The largest absolute Gasteiger partial charge is 0.497 e. The van der Waals surface area contributed by atoms with Gasteiger partial charge in [-0.05, 0) is 54.8 Å². The van der Waals surface area contributed by atoms with E-state index in [-0.39, 0.29) is 12.0 Å². The molecule has 4 aromatic rings. The van der Waals surface area contributed by atoms with Gasteiger partial charge in [0.05, 0.1) is 19.4 Å². The van der Waals surface area contributed by atoms with Crippen LogP contribution in [0.15, 0.2) is 72.8 Å². The smallest absolute Gasteiger partial charge is 0.336 e. The van der Waals surface area contributed by atoms with E-state index in [2.05, 4.69) is 34.6 Å². The molecule has 0 saturated carbocycles. The Morgan fingerprint density at radius 2 is 1.80 bits per heavy atom. The molecular weight excluding hydrogens is 442 g/mol. The van der Waals surface area contributed by atoms with Crippen molar-refractivity contribution in [3.8, 4) is 28.8 Å². The molecule has 4 rings (SSSR count). The highest BCUT2D eigenvalue weighted by atomic mass is 16.5. The summed E-state index contributed by atoms with van der Waals surface area (Å²) in [5, 5.41) is 10.4. The van der Waals surface area contributed by atoms with Gasteiger partial charge < -0.3 is 20.1 Å². The van der Waals surface area contributed by atoms with E-state index >= 15 is 0 Å². The van der Waals surface area contributed by atoms with Gasteiger partial charge in [0.2, 0.25) is 0 Å². The van der Waals surface area contributed by atoms with Crippen LogP contribution in [0, 0.1) is 12.8 Å². The highest BCUT2D eigenvalue weighted by molar-refractivity contribution is 6.00. The molecule has 0 spiro atoms. The second kappa shape index (κ2) is 10.7. The van der Waals surface area contributed by atoms with Crippen LogP contribution in [0.1, 0.15) is 19.4 Å². The molecule has 0 bridgehead atoms. The van der Waals surface area contributed by atoms with E-state index < -0.39 is 0 Å². The minimum atomic E-state index is -0.330. The predicted octanol–water partition coefficient (Wildman–Crippen LogP) is 5.93. The summed E-state index contributed by atoms with van der Waals surface area (Å²) in [6.45, 7) is 6.58. The van der Waals surface area contributed by atoms with E-state index in [1.807, 2.05) is 79.7 Å². The second-order valence-corrected chi connectivity index (χ2v) is 8.51. The number of benzene rings is 3. The maximum absolute atomic E-state index is 12.6. The number of nitrogens with one attached hydrogen (secondary N) is 2. The van der Waals surface area contributed by atoms with E-state index in [0.717, 1.165) is 22.5 Å². The van der Waals surface area contributed by atoms with E-state index in [9.17, 15) is 4.79 Å². The summed E-state index contributed by atoms with van der Waals surface area (Å²) >= 11 is 0. The zero-order valence-electron chi connectivity index (χ0n) is 20.3. The van der Waals surface area contributed by atoms with Gasteiger partial charge in [0.1, 0.15) is 5.75 Å². The molecule has 3 aromatic carbocycles. The summed E-state index contributed by atoms with van der Waals surface area (Å²) < 4.78 is 12.9. The summed E-state index contributed by atoms with van der Waals surface area (Å²) in [7, 11) is 1.62. The minimum absolute atomic E-state index is 0.284. The van der Waals surface area contributed by atoms with E-state index in [1.54, 1.807) is 11.8 Å². The molecule has 8 heteroatoms. The van der Waals surface area contributed by atoms with Crippen LogP contribution in [0.25, 0.3) is 17.1 Å². The first kappa shape index (κ1) is 23.8. The lowest BCUT2D eigenvalue weighted by molar-refractivity contribution is 0.251. The van der Waals surface area contributed by atoms with Gasteiger partial charge in [0.25, 0.3) is 0 Å². The first-order chi connectivity index (χ1) is 16.9. The number of hydrogen-bond acceptors (Lipinski definition) is 5. The maximum Gasteiger partial charge on any atom is 0.336 e. The summed E-state index contributed by atoms with van der Waals surface area (Å²) in [5.74, 6) is 1.65. The fourth-order valence-electron chi connectivity index (χ4n) is 3.44. The van der Waals surface area contributed by atoms with Gasteiger partial charge >= 0.3 is 12.0 Å². The number of nitrogens with zero attached hydrogens (tertiary/aromatic N) is 3. The number of carbonyl (C=O) groups is 1. The highest BCUT2D eigenvalue weighted by Gasteiger charge is 2.16. The van der Waals surface area contributed by atoms with Gasteiger partial charge in [0.15, 0.2) is 5.82 Å². The number of carbonyl (C=O) groups excluding carboxylic acids is 1. The van der Waals surface area contributed by atoms with Crippen molar-refractivity contribution in [1.82, 2.24) is 14.8 Å².